The Kier molecular flexibility index (Phi) is 4.25. The van der Waals surface area contributed by atoms with Gasteiger partial charge in [0, 0.05) is 6.54 Å². The number of alkyl halides is 3. The third kappa shape index (κ3) is 3.74. The lowest BCUT2D eigenvalue weighted by Crippen LogP contribution is -2.54. The second-order valence-corrected chi connectivity index (χ2v) is 5.34. The summed E-state index contributed by atoms with van der Waals surface area (Å²) in [6.07, 6.45) is -4.41. The molecule has 116 valence electrons. The van der Waals surface area contributed by atoms with Crippen LogP contribution in [0.1, 0.15) is 18.1 Å². The fourth-order valence-corrected chi connectivity index (χ4v) is 2.17. The van der Waals surface area contributed by atoms with Crippen molar-refractivity contribution in [3.05, 3.63) is 35.4 Å². The summed E-state index contributed by atoms with van der Waals surface area (Å²) in [4.78, 5) is 13.2. The van der Waals surface area contributed by atoms with Crippen molar-refractivity contribution >= 4 is 5.91 Å². The quantitative estimate of drug-likeness (QED) is 0.926. The van der Waals surface area contributed by atoms with Crippen LogP contribution in [0, 0.1) is 0 Å². The molecule has 21 heavy (non-hydrogen) atoms. The fraction of sp³-hybridized carbons (Fsp3) is 0.500. The summed E-state index contributed by atoms with van der Waals surface area (Å²) in [5.41, 5.74) is -1.23. The van der Waals surface area contributed by atoms with Crippen molar-refractivity contribution in [1.29, 1.82) is 0 Å². The van der Waals surface area contributed by atoms with Gasteiger partial charge in [-0.3, -0.25) is 4.79 Å². The first kappa shape index (κ1) is 15.8. The molecule has 7 heteroatoms. The van der Waals surface area contributed by atoms with Gasteiger partial charge in [0.15, 0.2) is 0 Å². The molecule has 0 bridgehead atoms. The molecule has 1 unspecified atom stereocenters. The summed E-state index contributed by atoms with van der Waals surface area (Å²) in [5.74, 6) is -0.307. The van der Waals surface area contributed by atoms with Gasteiger partial charge < -0.3 is 14.7 Å². The molecule has 1 fully saturated rings. The van der Waals surface area contributed by atoms with Crippen molar-refractivity contribution in [1.82, 2.24) is 4.90 Å². The Bertz CT molecular complexity index is 532. The molecule has 1 amide bonds. The molecule has 0 radical (unpaired) electrons. The third-order valence-electron chi connectivity index (χ3n) is 3.38. The fourth-order valence-electron chi connectivity index (χ4n) is 2.17. The van der Waals surface area contributed by atoms with Crippen molar-refractivity contribution < 1.29 is 27.8 Å². The number of ether oxygens (including phenoxy) is 1. The predicted octanol–water partition coefficient (Wildman–Crippen LogP) is 1.82. The van der Waals surface area contributed by atoms with E-state index in [1.165, 1.54) is 17.0 Å². The van der Waals surface area contributed by atoms with E-state index >= 15 is 0 Å². The monoisotopic (exact) mass is 303 g/mol. The normalized spacial score (nSPS) is 23.5. The lowest BCUT2D eigenvalue weighted by atomic mass is 10.0. The van der Waals surface area contributed by atoms with E-state index < -0.39 is 17.3 Å². The van der Waals surface area contributed by atoms with E-state index in [2.05, 4.69) is 0 Å². The second-order valence-electron chi connectivity index (χ2n) is 5.34. The van der Waals surface area contributed by atoms with Crippen LogP contribution in [-0.2, 0) is 22.3 Å². The van der Waals surface area contributed by atoms with Crippen LogP contribution in [0.4, 0.5) is 13.2 Å². The molecular weight excluding hydrogens is 287 g/mol. The molecule has 1 aliphatic rings. The number of nitrogens with zero attached hydrogens (tertiary/aromatic N) is 1. The maximum Gasteiger partial charge on any atom is 0.416 e. The topological polar surface area (TPSA) is 49.8 Å². The molecule has 0 aliphatic carbocycles. The zero-order valence-corrected chi connectivity index (χ0v) is 11.5. The molecule has 1 aromatic carbocycles. The van der Waals surface area contributed by atoms with Crippen LogP contribution in [0.15, 0.2) is 24.3 Å². The van der Waals surface area contributed by atoms with E-state index in [0.717, 1.165) is 12.1 Å². The van der Waals surface area contributed by atoms with Crippen molar-refractivity contribution in [3.63, 3.8) is 0 Å². The number of carbonyl (C=O) groups excluding carboxylic acids is 1. The maximum absolute atomic E-state index is 12.7. The van der Waals surface area contributed by atoms with Gasteiger partial charge in [0.1, 0.15) is 12.2 Å². The zero-order valence-electron chi connectivity index (χ0n) is 11.5. The molecule has 1 N–H and O–H groups in total. The second kappa shape index (κ2) is 5.65. The minimum absolute atomic E-state index is 0.0572. The highest BCUT2D eigenvalue weighted by atomic mass is 19.4. The molecule has 1 heterocycles. The number of aliphatic hydroxyl groups excluding tert-OH is 1. The molecule has 4 nitrogen and oxygen atoms in total. The van der Waals surface area contributed by atoms with E-state index in [1.807, 2.05) is 0 Å². The number of aliphatic hydroxyl groups is 1. The summed E-state index contributed by atoms with van der Waals surface area (Å²) >= 11 is 0. The van der Waals surface area contributed by atoms with Crippen LogP contribution in [0.2, 0.25) is 0 Å². The van der Waals surface area contributed by atoms with Crippen molar-refractivity contribution in [2.75, 3.05) is 19.8 Å². The van der Waals surface area contributed by atoms with Gasteiger partial charge in [0.2, 0.25) is 5.91 Å². The number of halogens is 3. The van der Waals surface area contributed by atoms with Gasteiger partial charge in [-0.25, -0.2) is 0 Å². The first-order valence-corrected chi connectivity index (χ1v) is 6.42. The molecule has 0 aromatic heterocycles. The lowest BCUT2D eigenvalue weighted by molar-refractivity contribution is -0.167. The highest BCUT2D eigenvalue weighted by Crippen LogP contribution is 2.30. The van der Waals surface area contributed by atoms with Crippen LogP contribution in [-0.4, -0.2) is 41.3 Å². The van der Waals surface area contributed by atoms with Gasteiger partial charge in [-0.05, 0) is 24.6 Å². The van der Waals surface area contributed by atoms with Crippen LogP contribution in [0.3, 0.4) is 0 Å². The Labute approximate surface area is 120 Å². The number of benzene rings is 1. The van der Waals surface area contributed by atoms with Crippen LogP contribution in [0.5, 0.6) is 0 Å². The number of rotatable bonds is 3. The summed E-state index contributed by atoms with van der Waals surface area (Å²) < 4.78 is 43.3. The standard InChI is InChI=1S/C14H16F3NO3/c1-13(9-19)8-18(12(20)7-21-13)6-10-3-2-4-11(5-10)14(15,16)17/h2-5,19H,6-9H2,1H3. The van der Waals surface area contributed by atoms with Gasteiger partial charge in [-0.1, -0.05) is 12.1 Å². The summed E-state index contributed by atoms with van der Waals surface area (Å²) in [6.45, 7) is 1.40. The molecule has 1 aromatic rings. The average Bonchev–Trinajstić information content (AvgIpc) is 2.43. The van der Waals surface area contributed by atoms with E-state index in [0.29, 0.717) is 5.56 Å². The minimum Gasteiger partial charge on any atom is -0.393 e. The van der Waals surface area contributed by atoms with Crippen molar-refractivity contribution in [2.24, 2.45) is 0 Å². The number of carbonyl (C=O) groups is 1. The van der Waals surface area contributed by atoms with Gasteiger partial charge in [-0.2, -0.15) is 13.2 Å². The maximum atomic E-state index is 12.7. The van der Waals surface area contributed by atoms with Gasteiger partial charge in [-0.15, -0.1) is 0 Å². The first-order valence-electron chi connectivity index (χ1n) is 6.42. The van der Waals surface area contributed by atoms with E-state index in [4.69, 9.17) is 4.74 Å². The Hall–Kier alpha value is -1.60. The van der Waals surface area contributed by atoms with E-state index in [-0.39, 0.29) is 32.2 Å². The number of amides is 1. The van der Waals surface area contributed by atoms with E-state index in [1.54, 1.807) is 6.92 Å². The van der Waals surface area contributed by atoms with Crippen LogP contribution < -0.4 is 0 Å². The van der Waals surface area contributed by atoms with Crippen LogP contribution in [0.25, 0.3) is 0 Å². The predicted molar refractivity (Wildman–Crippen MR) is 68.3 cm³/mol. The molecular formula is C14H16F3NO3. The molecule has 0 saturated carbocycles. The number of morpholine rings is 1. The smallest absolute Gasteiger partial charge is 0.393 e. The minimum atomic E-state index is -4.41. The highest BCUT2D eigenvalue weighted by Gasteiger charge is 2.36. The molecule has 1 saturated heterocycles. The van der Waals surface area contributed by atoms with Crippen molar-refractivity contribution in [3.8, 4) is 0 Å². The SMILES string of the molecule is CC1(CO)CN(Cc2cccc(C(F)(F)F)c2)C(=O)CO1. The Balaban J connectivity index is 2.15. The van der Waals surface area contributed by atoms with Gasteiger partial charge in [0.25, 0.3) is 0 Å². The molecule has 2 rings (SSSR count). The molecule has 1 atom stereocenters. The van der Waals surface area contributed by atoms with E-state index in [9.17, 15) is 23.1 Å². The first-order chi connectivity index (χ1) is 9.73. The average molecular weight is 303 g/mol. The lowest BCUT2D eigenvalue weighted by Gasteiger charge is -2.39. The molecule has 1 aliphatic heterocycles. The largest absolute Gasteiger partial charge is 0.416 e. The van der Waals surface area contributed by atoms with Gasteiger partial charge in [0.05, 0.1) is 18.7 Å². The Morgan fingerprint density at radius 2 is 2.14 bits per heavy atom. The number of hydrogen-bond acceptors (Lipinski definition) is 3. The number of hydrogen-bond donors (Lipinski definition) is 1. The zero-order chi connectivity index (χ0) is 15.7. The Morgan fingerprint density at radius 3 is 2.76 bits per heavy atom. The van der Waals surface area contributed by atoms with Gasteiger partial charge >= 0.3 is 6.18 Å². The molecule has 0 spiro atoms. The Morgan fingerprint density at radius 1 is 1.43 bits per heavy atom. The van der Waals surface area contributed by atoms with Crippen molar-refractivity contribution in [2.45, 2.75) is 25.2 Å². The van der Waals surface area contributed by atoms with Crippen LogP contribution >= 0.6 is 0 Å². The third-order valence-corrected chi connectivity index (χ3v) is 3.38. The summed E-state index contributed by atoms with van der Waals surface area (Å²) in [7, 11) is 0. The highest BCUT2D eigenvalue weighted by molar-refractivity contribution is 5.78. The summed E-state index contributed by atoms with van der Waals surface area (Å²) in [5, 5.41) is 9.26. The summed E-state index contributed by atoms with van der Waals surface area (Å²) in [6, 6.07) is 4.87.